The molecule has 0 aliphatic carbocycles. The van der Waals surface area contributed by atoms with Gasteiger partial charge in [0, 0.05) is 13.0 Å². The second-order valence-corrected chi connectivity index (χ2v) is 4.88. The van der Waals surface area contributed by atoms with E-state index in [9.17, 15) is 4.39 Å². The predicted molar refractivity (Wildman–Crippen MR) is 80.6 cm³/mol. The lowest BCUT2D eigenvalue weighted by atomic mass is 10.0. The van der Waals surface area contributed by atoms with E-state index in [1.807, 2.05) is 30.3 Å². The third-order valence-electron chi connectivity index (χ3n) is 3.35. The van der Waals surface area contributed by atoms with Crippen molar-refractivity contribution in [3.05, 3.63) is 77.9 Å². The van der Waals surface area contributed by atoms with Gasteiger partial charge < -0.3 is 5.32 Å². The quantitative estimate of drug-likeness (QED) is 0.732. The van der Waals surface area contributed by atoms with Gasteiger partial charge >= 0.3 is 0 Å². The van der Waals surface area contributed by atoms with Crippen molar-refractivity contribution in [2.45, 2.75) is 12.5 Å². The van der Waals surface area contributed by atoms with Crippen molar-refractivity contribution in [3.8, 4) is 0 Å². The molecule has 3 aromatic rings. The molecule has 0 saturated heterocycles. The average molecular weight is 297 g/mol. The molecule has 0 radical (unpaired) electrons. The van der Waals surface area contributed by atoms with Crippen LogP contribution in [0.5, 0.6) is 0 Å². The summed E-state index contributed by atoms with van der Waals surface area (Å²) >= 11 is 0. The van der Waals surface area contributed by atoms with Crippen molar-refractivity contribution in [2.24, 2.45) is 0 Å². The Morgan fingerprint density at radius 1 is 1.09 bits per heavy atom. The lowest BCUT2D eigenvalue weighted by molar-refractivity contribution is 0.576. The second kappa shape index (κ2) is 6.91. The molecular formula is C16H16FN5. The van der Waals surface area contributed by atoms with Crippen molar-refractivity contribution in [1.82, 2.24) is 25.5 Å². The average Bonchev–Trinajstić information content (AvgIpc) is 3.07. The second-order valence-electron chi connectivity index (χ2n) is 4.88. The third kappa shape index (κ3) is 3.53. The molecule has 0 saturated carbocycles. The molecule has 0 spiro atoms. The summed E-state index contributed by atoms with van der Waals surface area (Å²) in [6.45, 7) is 0.702. The Balaban J connectivity index is 1.75. The smallest absolute Gasteiger partial charge is 0.141 e. The number of H-pyrrole nitrogens is 1. The summed E-state index contributed by atoms with van der Waals surface area (Å²) < 4.78 is 13.1. The van der Waals surface area contributed by atoms with E-state index in [-0.39, 0.29) is 11.9 Å². The van der Waals surface area contributed by atoms with Gasteiger partial charge in [0.25, 0.3) is 0 Å². The normalized spacial score (nSPS) is 12.2. The summed E-state index contributed by atoms with van der Waals surface area (Å²) in [5.74, 6) is 0.489. The highest BCUT2D eigenvalue weighted by molar-refractivity contribution is 5.27. The molecule has 0 amide bonds. The molecule has 3 rings (SSSR count). The number of hydrogen-bond acceptors (Lipinski definition) is 4. The van der Waals surface area contributed by atoms with E-state index in [1.165, 1.54) is 18.6 Å². The third-order valence-corrected chi connectivity index (χ3v) is 3.35. The Morgan fingerprint density at radius 2 is 1.95 bits per heavy atom. The lowest BCUT2D eigenvalue weighted by Gasteiger charge is -2.18. The highest BCUT2D eigenvalue weighted by Gasteiger charge is 2.14. The van der Waals surface area contributed by atoms with Gasteiger partial charge in [0.15, 0.2) is 0 Å². The molecule has 2 aromatic heterocycles. The number of benzene rings is 1. The van der Waals surface area contributed by atoms with Crippen LogP contribution in [0, 0.1) is 5.82 Å². The van der Waals surface area contributed by atoms with E-state index < -0.39 is 0 Å². The topological polar surface area (TPSA) is 66.5 Å². The van der Waals surface area contributed by atoms with Gasteiger partial charge in [-0.05, 0) is 17.7 Å². The van der Waals surface area contributed by atoms with Crippen LogP contribution in [0.1, 0.15) is 23.1 Å². The Bertz CT molecular complexity index is 682. The van der Waals surface area contributed by atoms with Crippen LogP contribution in [0.2, 0.25) is 0 Å². The fourth-order valence-electron chi connectivity index (χ4n) is 2.28. The largest absolute Gasteiger partial charge is 0.305 e. The number of pyridine rings is 1. The van der Waals surface area contributed by atoms with Gasteiger partial charge in [-0.15, -0.1) is 0 Å². The Kier molecular flexibility index (Phi) is 4.50. The fourth-order valence-corrected chi connectivity index (χ4v) is 2.28. The molecule has 1 aromatic carbocycles. The van der Waals surface area contributed by atoms with E-state index in [0.717, 1.165) is 23.5 Å². The standard InChI is InChI=1S/C16H16FN5/c17-13-6-7-14(19-10-13)16(12-4-2-1-3-5-12)18-9-8-15-20-11-21-22-15/h1-7,10-11,16,18H,8-9H2,(H,20,21,22). The molecule has 22 heavy (non-hydrogen) atoms. The number of halogens is 1. The summed E-state index contributed by atoms with van der Waals surface area (Å²) in [5.41, 5.74) is 1.87. The molecule has 0 fully saturated rings. The van der Waals surface area contributed by atoms with Crippen LogP contribution in [-0.4, -0.2) is 26.7 Å². The first kappa shape index (κ1) is 14.3. The van der Waals surface area contributed by atoms with E-state index >= 15 is 0 Å². The Hall–Kier alpha value is -2.60. The lowest BCUT2D eigenvalue weighted by Crippen LogP contribution is -2.25. The first-order valence-electron chi connectivity index (χ1n) is 7.07. The minimum Gasteiger partial charge on any atom is -0.305 e. The first-order valence-corrected chi connectivity index (χ1v) is 7.07. The summed E-state index contributed by atoms with van der Waals surface area (Å²) in [6.07, 6.45) is 3.46. The molecule has 5 nitrogen and oxygen atoms in total. The summed E-state index contributed by atoms with van der Waals surface area (Å²) in [5, 5.41) is 10.1. The summed E-state index contributed by atoms with van der Waals surface area (Å²) in [4.78, 5) is 8.30. The number of nitrogens with zero attached hydrogens (tertiary/aromatic N) is 3. The maximum absolute atomic E-state index is 13.1. The molecule has 1 atom stereocenters. The number of aromatic nitrogens is 4. The number of rotatable bonds is 6. The minimum absolute atomic E-state index is 0.0929. The van der Waals surface area contributed by atoms with Crippen molar-refractivity contribution in [1.29, 1.82) is 0 Å². The molecule has 6 heteroatoms. The molecule has 0 aliphatic heterocycles. The van der Waals surface area contributed by atoms with Crippen LogP contribution in [0.3, 0.4) is 0 Å². The monoisotopic (exact) mass is 297 g/mol. The van der Waals surface area contributed by atoms with Crippen LogP contribution in [-0.2, 0) is 6.42 Å². The SMILES string of the molecule is Fc1ccc(C(NCCc2ncn[nH]2)c2ccccc2)nc1. The van der Waals surface area contributed by atoms with Crippen molar-refractivity contribution >= 4 is 0 Å². The van der Waals surface area contributed by atoms with Gasteiger partial charge in [0.1, 0.15) is 18.0 Å². The Labute approximate surface area is 127 Å². The Morgan fingerprint density at radius 3 is 2.64 bits per heavy atom. The zero-order valence-electron chi connectivity index (χ0n) is 11.9. The van der Waals surface area contributed by atoms with Gasteiger partial charge in [0.2, 0.25) is 0 Å². The van der Waals surface area contributed by atoms with Gasteiger partial charge in [-0.1, -0.05) is 30.3 Å². The zero-order chi connectivity index (χ0) is 15.2. The summed E-state index contributed by atoms with van der Waals surface area (Å²) in [7, 11) is 0. The highest BCUT2D eigenvalue weighted by Crippen LogP contribution is 2.20. The van der Waals surface area contributed by atoms with E-state index in [4.69, 9.17) is 0 Å². The van der Waals surface area contributed by atoms with Crippen molar-refractivity contribution < 1.29 is 4.39 Å². The molecule has 0 bridgehead atoms. The predicted octanol–water partition coefficient (Wildman–Crippen LogP) is 2.26. The van der Waals surface area contributed by atoms with E-state index in [2.05, 4.69) is 25.5 Å². The number of aromatic amines is 1. The van der Waals surface area contributed by atoms with Gasteiger partial charge in [0.05, 0.1) is 17.9 Å². The number of nitrogens with one attached hydrogen (secondary N) is 2. The fraction of sp³-hybridized carbons (Fsp3) is 0.188. The highest BCUT2D eigenvalue weighted by atomic mass is 19.1. The van der Waals surface area contributed by atoms with Gasteiger partial charge in [-0.3, -0.25) is 10.1 Å². The van der Waals surface area contributed by atoms with Crippen molar-refractivity contribution in [3.63, 3.8) is 0 Å². The molecule has 0 aliphatic rings. The van der Waals surface area contributed by atoms with Gasteiger partial charge in [-0.2, -0.15) is 5.10 Å². The molecule has 2 N–H and O–H groups in total. The van der Waals surface area contributed by atoms with Crippen LogP contribution < -0.4 is 5.32 Å². The maximum atomic E-state index is 13.1. The molecule has 1 unspecified atom stereocenters. The number of hydrogen-bond donors (Lipinski definition) is 2. The molecular weight excluding hydrogens is 281 g/mol. The van der Waals surface area contributed by atoms with Crippen molar-refractivity contribution in [2.75, 3.05) is 6.54 Å². The molecule has 112 valence electrons. The first-order chi connectivity index (χ1) is 10.8. The van der Waals surface area contributed by atoms with Crippen LogP contribution >= 0.6 is 0 Å². The van der Waals surface area contributed by atoms with Crippen LogP contribution in [0.4, 0.5) is 4.39 Å². The van der Waals surface area contributed by atoms with Crippen LogP contribution in [0.15, 0.2) is 55.0 Å². The van der Waals surface area contributed by atoms with E-state index in [0.29, 0.717) is 6.54 Å². The van der Waals surface area contributed by atoms with E-state index in [1.54, 1.807) is 6.07 Å². The maximum Gasteiger partial charge on any atom is 0.141 e. The molecule has 2 heterocycles. The van der Waals surface area contributed by atoms with Gasteiger partial charge in [-0.25, -0.2) is 9.37 Å². The minimum atomic E-state index is -0.336. The van der Waals surface area contributed by atoms with Crippen LogP contribution in [0.25, 0.3) is 0 Å². The zero-order valence-corrected chi connectivity index (χ0v) is 11.9. The summed E-state index contributed by atoms with van der Waals surface area (Å²) in [6, 6.07) is 13.0.